The Balaban J connectivity index is 0.000000184. The van der Waals surface area contributed by atoms with Gasteiger partial charge in [-0.15, -0.1) is 0 Å². The van der Waals surface area contributed by atoms with Crippen molar-refractivity contribution in [1.82, 2.24) is 34.7 Å². The number of rotatable bonds is 15. The van der Waals surface area contributed by atoms with Crippen molar-refractivity contribution in [2.75, 3.05) is 85.1 Å². The average molecular weight is 1890 g/mol. The molecule has 3 unspecified atom stereocenters. The number of alkyl halides is 2. The first-order valence-electron chi connectivity index (χ1n) is 40.0. The van der Waals surface area contributed by atoms with Crippen LogP contribution in [-0.4, -0.2) is 221 Å². The molecule has 36 heteroatoms. The van der Waals surface area contributed by atoms with Gasteiger partial charge in [0, 0.05) is 130 Å². The van der Waals surface area contributed by atoms with Crippen LogP contribution in [0.5, 0.6) is 0 Å². The van der Waals surface area contributed by atoms with E-state index in [0.717, 1.165) is 15.6 Å². The molecule has 674 valence electrons. The molecule has 29 nitrogen and oxygen atoms in total. The summed E-state index contributed by atoms with van der Waals surface area (Å²) < 4.78 is 78.0. The molecule has 0 saturated carbocycles. The summed E-state index contributed by atoms with van der Waals surface area (Å²) in [5, 5.41) is 76.0. The number of benzene rings is 7. The van der Waals surface area contributed by atoms with Gasteiger partial charge in [-0.05, 0) is 146 Å². The zero-order valence-corrected chi connectivity index (χ0v) is 73.5. The zero-order valence-electron chi connectivity index (χ0n) is 70.4. The lowest BCUT2D eigenvalue weighted by Gasteiger charge is -2.32. The lowest BCUT2D eigenvalue weighted by molar-refractivity contribution is -0.385. The van der Waals surface area contributed by atoms with Crippen LogP contribution in [0.3, 0.4) is 0 Å². The minimum absolute atomic E-state index is 0.000154. The number of halogens is 7. The highest BCUT2D eigenvalue weighted by molar-refractivity contribution is 9.12. The van der Waals surface area contributed by atoms with Gasteiger partial charge in [0.25, 0.3) is 22.7 Å². The van der Waals surface area contributed by atoms with Gasteiger partial charge in [-0.2, -0.15) is 0 Å². The van der Waals surface area contributed by atoms with Gasteiger partial charge in [-0.1, -0.05) is 162 Å². The first kappa shape index (κ1) is 101. The molecule has 4 N–H and O–H groups in total. The van der Waals surface area contributed by atoms with E-state index in [4.69, 9.17) is 9.47 Å². The number of hydrogen-bond donors (Lipinski definition) is 4. The Labute approximate surface area is 747 Å². The maximum Gasteiger partial charge on any atom is 0.410 e. The van der Waals surface area contributed by atoms with Crippen LogP contribution in [0.2, 0.25) is 0 Å². The van der Waals surface area contributed by atoms with Crippen molar-refractivity contribution >= 4 is 101 Å². The van der Waals surface area contributed by atoms with Crippen molar-refractivity contribution in [2.24, 2.45) is 0 Å². The molecule has 2 amide bonds. The van der Waals surface area contributed by atoms with E-state index in [9.17, 15) is 102 Å². The van der Waals surface area contributed by atoms with Gasteiger partial charge < -0.3 is 39.9 Å². The Bertz CT molecular complexity index is 5160. The number of Topliss-reactive ketones (excluding diaryl/α,β-unsaturated/α-hetero) is 1. The van der Waals surface area contributed by atoms with Crippen molar-refractivity contribution in [3.63, 3.8) is 0 Å². The van der Waals surface area contributed by atoms with Gasteiger partial charge in [0.2, 0.25) is 0 Å². The number of aliphatic hydroxyl groups is 3. The number of carbonyl (C=O) groups is 5. The molecule has 0 radical (unpaired) electrons. The van der Waals surface area contributed by atoms with E-state index in [1.54, 1.807) is 175 Å². The normalized spacial score (nSPS) is 19.0. The summed E-state index contributed by atoms with van der Waals surface area (Å²) in [4.78, 5) is 110. The summed E-state index contributed by atoms with van der Waals surface area (Å²) in [7, 11) is 0. The average Bonchev–Trinajstić information content (AvgIpc) is 0.823. The molecule has 7 aromatic carbocycles. The number of nitrogens with zero attached hydrogens (tertiary/aromatic N) is 10. The molecule has 0 spiro atoms. The number of nitro groups is 4. The molecule has 7 heterocycles. The second kappa shape index (κ2) is 48.2. The highest BCUT2D eigenvalue weighted by atomic mass is 79.9. The van der Waals surface area contributed by atoms with Gasteiger partial charge in [0.1, 0.15) is 47.2 Å². The number of amides is 2. The summed E-state index contributed by atoms with van der Waals surface area (Å²) in [6.45, 7) is 17.0. The topological polar surface area (TPSA) is 369 Å². The Kier molecular flexibility index (Phi) is 38.2. The number of nitro benzene ring substituents is 4. The second-order valence-corrected chi connectivity index (χ2v) is 33.3. The third kappa shape index (κ3) is 32.5. The fraction of sp³-hybridized carbons (Fsp3) is 0.330. The van der Waals surface area contributed by atoms with Gasteiger partial charge >= 0.3 is 12.2 Å². The van der Waals surface area contributed by atoms with Crippen molar-refractivity contribution in [2.45, 2.75) is 110 Å². The Morgan fingerprint density at radius 1 is 0.457 bits per heavy atom. The van der Waals surface area contributed by atoms with E-state index in [1.807, 2.05) is 20.8 Å². The predicted octanol–water partition coefficient (Wildman–Crippen LogP) is 15.5. The first-order valence-corrected chi connectivity index (χ1v) is 41.6. The number of hydrogen-bond acceptors (Lipinski definition) is 23. The van der Waals surface area contributed by atoms with E-state index >= 15 is 0 Å². The number of aliphatic hydroxyl groups excluding tert-OH is 3. The fourth-order valence-corrected chi connectivity index (χ4v) is 13.9. The Morgan fingerprint density at radius 3 is 1.26 bits per heavy atom. The monoisotopic (exact) mass is 1890 g/mol. The zero-order chi connectivity index (χ0) is 92.8. The third-order valence-corrected chi connectivity index (χ3v) is 21.1. The van der Waals surface area contributed by atoms with Crippen molar-refractivity contribution in [3.8, 4) is 0 Å². The molecule has 5 atom stereocenters. The van der Waals surface area contributed by atoms with Crippen LogP contribution in [0, 0.1) is 57.9 Å². The maximum atomic E-state index is 14.3. The van der Waals surface area contributed by atoms with E-state index in [0.29, 0.717) is 121 Å². The molecule has 7 aliphatic heterocycles. The number of carbonyl (C=O) groups excluding carboxylic acids is 5. The number of ether oxygens (including phenoxy) is 2. The quantitative estimate of drug-likeness (QED) is 0.0421. The molecule has 0 aliphatic carbocycles. The second-order valence-electron chi connectivity index (χ2n) is 31.5. The molecule has 0 aromatic heterocycles. The SMILES string of the molecule is CC(C)(C)OC(=O)N1CC=C(c2ccc(F)cc2)C(F)C1.CC(C)(C)OC(=O)N1CC=C(c2ccc(F)cc2)[C@H](O)C1.Fc1ccc(C2=CCNCC2F)cc1.O=C1C=CC(O)N(Cc2ccccc2[N+](=O)[O-])C1.O=C1C=CCN(Cc2ccccc2[N+](=O)[O-])C1.O=C1CN(Cc2ccccc2[N+](=O)[O-])CC=C1Br.O=[N+]([O-])c1ccccc1CN1CC=C(Br)[C@@H](O)C1. The predicted molar refractivity (Wildman–Crippen MR) is 475 cm³/mol. The number of ketones is 3. The van der Waals surface area contributed by atoms with E-state index < -0.39 is 68.9 Å². The van der Waals surface area contributed by atoms with Crippen LogP contribution in [0.1, 0.15) is 80.5 Å². The minimum atomic E-state index is -1.31. The Hall–Kier alpha value is -11.8. The van der Waals surface area contributed by atoms with E-state index in [2.05, 4.69) is 37.2 Å². The fourth-order valence-electron chi connectivity index (χ4n) is 13.4. The molecule has 14 rings (SSSR count). The standard InChI is InChI=1S/C16H19F2NO2.C16H20FNO3.C12H13BrN2O3.C12H11BrN2O3.C12H12N2O4.C12H12N2O3.C11H11F2N/c1-16(2,3)21-15(20)19-9-8-13(14(18)10-19)11-4-6-12(17)7-5-11;1-16(2,3)21-15(20)18-9-8-13(14(19)10-18)11-4-6-12(17)7-5-11;2*13-10-5-6-14(8-12(10)16)7-9-3-1-2-4-11(9)15(17)18;15-10-5-6-12(16)13(8-10)7-9-3-1-2-4-11(9)14(17)18;15-11-5-3-7-13(9-11)8-10-4-1-2-6-12(10)14(16)17;12-9-3-1-8(2-4-9)10-5-6-14-7-11(10)13/h4-8,14H,9-10H2,1-3H3;4-8,14,19H,9-10H2,1-3H3;1-5,12,16H,6-8H2;1-5H,6-8H2;1-6,12,16H,7-8H2;1-6H,7-9H2;1-5,11,14H,6-7H2/t;14-;12-;;;;/m.10..../s1. The lowest BCUT2D eigenvalue weighted by atomic mass is 9.97. The Morgan fingerprint density at radius 2 is 0.850 bits per heavy atom. The van der Waals surface area contributed by atoms with Crippen LogP contribution in [0.4, 0.5) is 54.3 Å². The number of β-amino-alcohol motifs (C(OH)–C–C–N with tert-alkyl or cyclic N) is 2. The number of para-hydroxylation sites is 4. The van der Waals surface area contributed by atoms with Gasteiger partial charge in [-0.25, -0.2) is 31.5 Å². The van der Waals surface area contributed by atoms with Gasteiger partial charge in [0.15, 0.2) is 17.3 Å². The summed E-state index contributed by atoms with van der Waals surface area (Å²) in [5.74, 6) is -1.06. The molecule has 0 fully saturated rings. The van der Waals surface area contributed by atoms with Gasteiger partial charge in [0.05, 0.1) is 69.1 Å². The highest BCUT2D eigenvalue weighted by Crippen LogP contribution is 2.32. The summed E-state index contributed by atoms with van der Waals surface area (Å²) >= 11 is 6.46. The lowest BCUT2D eigenvalue weighted by Crippen LogP contribution is -2.43. The molecular formula is C91H98Br2F5N11O18. The molecular weight excluding hydrogens is 1790 g/mol. The van der Waals surface area contributed by atoms with Crippen LogP contribution < -0.4 is 5.32 Å². The highest BCUT2D eigenvalue weighted by Gasteiger charge is 2.33. The van der Waals surface area contributed by atoms with Crippen molar-refractivity contribution in [3.05, 3.63) is 330 Å². The first-order chi connectivity index (χ1) is 60.2. The minimum Gasteiger partial charge on any atom is -0.444 e. The van der Waals surface area contributed by atoms with Crippen LogP contribution in [0.15, 0.2) is 234 Å². The molecule has 7 aromatic rings. The summed E-state index contributed by atoms with van der Waals surface area (Å²) in [5.41, 5.74) is 5.55. The van der Waals surface area contributed by atoms with Crippen molar-refractivity contribution < 1.29 is 90.4 Å². The van der Waals surface area contributed by atoms with E-state index in [1.165, 1.54) is 99.6 Å². The molecule has 7 aliphatic rings. The molecule has 0 saturated heterocycles. The van der Waals surface area contributed by atoms with Gasteiger partial charge in [-0.3, -0.25) is 74.4 Å². The maximum absolute atomic E-state index is 14.3. The van der Waals surface area contributed by atoms with E-state index in [-0.39, 0.29) is 102 Å². The smallest absolute Gasteiger partial charge is 0.410 e. The summed E-state index contributed by atoms with van der Waals surface area (Å²) in [6, 6.07) is 43.7. The van der Waals surface area contributed by atoms with Crippen LogP contribution >= 0.6 is 31.9 Å². The molecule has 127 heavy (non-hydrogen) atoms. The van der Waals surface area contributed by atoms with Crippen LogP contribution in [-0.2, 0) is 50.0 Å². The van der Waals surface area contributed by atoms with Crippen LogP contribution in [0.25, 0.3) is 16.7 Å². The third-order valence-electron chi connectivity index (χ3n) is 19.5. The largest absolute Gasteiger partial charge is 0.444 e. The molecule has 0 bridgehead atoms. The summed E-state index contributed by atoms with van der Waals surface area (Å²) in [6.07, 6.45) is 9.38. The number of nitrogens with one attached hydrogen (secondary N) is 1. The van der Waals surface area contributed by atoms with Crippen molar-refractivity contribution in [1.29, 1.82) is 0 Å².